The number of thioether (sulfide) groups is 1. The Kier molecular flexibility index (Phi) is 7.33. The molecule has 0 radical (unpaired) electrons. The summed E-state index contributed by atoms with van der Waals surface area (Å²) < 4.78 is 7.40. The topological polar surface area (TPSA) is 101 Å². The largest absolute Gasteiger partial charge is 0.481 e. The van der Waals surface area contributed by atoms with E-state index in [4.69, 9.17) is 9.84 Å². The number of hydrogen-bond acceptors (Lipinski definition) is 7. The van der Waals surface area contributed by atoms with Gasteiger partial charge in [0.25, 0.3) is 5.91 Å². The predicted molar refractivity (Wildman–Crippen MR) is 130 cm³/mol. The molecule has 0 unspecified atom stereocenters. The summed E-state index contributed by atoms with van der Waals surface area (Å²) in [6.07, 6.45) is 1.41. The second kappa shape index (κ2) is 10.8. The highest BCUT2D eigenvalue weighted by Gasteiger charge is 2.08. The van der Waals surface area contributed by atoms with E-state index in [0.29, 0.717) is 16.9 Å². The van der Waals surface area contributed by atoms with Crippen LogP contribution in [0, 0.1) is 0 Å². The third-order valence-electron chi connectivity index (χ3n) is 4.49. The van der Waals surface area contributed by atoms with Gasteiger partial charge in [-0.25, -0.2) is 15.2 Å². The molecule has 0 spiro atoms. The van der Waals surface area contributed by atoms with Gasteiger partial charge in [0.1, 0.15) is 5.75 Å². The summed E-state index contributed by atoms with van der Waals surface area (Å²) in [5.41, 5.74) is 5.61. The SMILES string of the molecule is O=C(O)COc1ccccc1/C=N\NC(=O)c1ccc(CSc2nc3ccccc3s2)cc1. The molecule has 1 aromatic heterocycles. The number of carboxylic acid groups (broad SMARTS) is 1. The molecule has 7 nitrogen and oxygen atoms in total. The van der Waals surface area contributed by atoms with E-state index in [9.17, 15) is 9.59 Å². The summed E-state index contributed by atoms with van der Waals surface area (Å²) in [6.45, 7) is -0.458. The molecule has 0 aliphatic rings. The molecule has 2 N–H and O–H groups in total. The van der Waals surface area contributed by atoms with Gasteiger partial charge in [-0.05, 0) is 42.0 Å². The average Bonchev–Trinajstić information content (AvgIpc) is 3.25. The van der Waals surface area contributed by atoms with Gasteiger partial charge >= 0.3 is 5.97 Å². The van der Waals surface area contributed by atoms with Crippen LogP contribution in [-0.2, 0) is 10.5 Å². The van der Waals surface area contributed by atoms with Crippen LogP contribution in [0.4, 0.5) is 0 Å². The first-order chi connectivity index (χ1) is 16.1. The van der Waals surface area contributed by atoms with Gasteiger partial charge in [0.15, 0.2) is 10.9 Å². The molecule has 4 aromatic rings. The number of para-hydroxylation sites is 2. The molecule has 0 aliphatic heterocycles. The fraction of sp³-hybridized carbons (Fsp3) is 0.0833. The molecule has 0 saturated carbocycles. The van der Waals surface area contributed by atoms with Crippen molar-refractivity contribution < 1.29 is 19.4 Å². The minimum atomic E-state index is -1.07. The first kappa shape index (κ1) is 22.5. The maximum Gasteiger partial charge on any atom is 0.341 e. The number of fused-ring (bicyclic) bond motifs is 1. The number of aromatic nitrogens is 1. The minimum Gasteiger partial charge on any atom is -0.481 e. The van der Waals surface area contributed by atoms with Crippen LogP contribution >= 0.6 is 23.1 Å². The van der Waals surface area contributed by atoms with E-state index >= 15 is 0 Å². The highest BCUT2D eigenvalue weighted by atomic mass is 32.2. The number of carbonyl (C=O) groups excluding carboxylic acids is 1. The molecule has 9 heteroatoms. The van der Waals surface area contributed by atoms with Crippen LogP contribution in [0.1, 0.15) is 21.5 Å². The smallest absolute Gasteiger partial charge is 0.341 e. The molecule has 1 heterocycles. The normalized spacial score (nSPS) is 11.0. The van der Waals surface area contributed by atoms with Gasteiger partial charge in [0.05, 0.1) is 16.4 Å². The third kappa shape index (κ3) is 6.18. The van der Waals surface area contributed by atoms with E-state index < -0.39 is 12.6 Å². The van der Waals surface area contributed by atoms with Crippen molar-refractivity contribution in [3.63, 3.8) is 0 Å². The van der Waals surface area contributed by atoms with E-state index in [1.165, 1.54) is 10.9 Å². The van der Waals surface area contributed by atoms with Crippen molar-refractivity contribution in [1.29, 1.82) is 0 Å². The molecular weight excluding hydrogens is 458 g/mol. The highest BCUT2D eigenvalue weighted by molar-refractivity contribution is 8.00. The quantitative estimate of drug-likeness (QED) is 0.204. The van der Waals surface area contributed by atoms with Gasteiger partial charge in [-0.2, -0.15) is 5.10 Å². The lowest BCUT2D eigenvalue weighted by molar-refractivity contribution is -0.139. The molecular formula is C24H19N3O4S2. The van der Waals surface area contributed by atoms with Gasteiger partial charge in [0, 0.05) is 16.9 Å². The number of carbonyl (C=O) groups is 2. The predicted octanol–water partition coefficient (Wildman–Crippen LogP) is 4.82. The summed E-state index contributed by atoms with van der Waals surface area (Å²) in [6, 6.07) is 22.2. The lowest BCUT2D eigenvalue weighted by atomic mass is 10.1. The molecule has 0 atom stereocenters. The monoisotopic (exact) mass is 477 g/mol. The van der Waals surface area contributed by atoms with Crippen LogP contribution in [0.3, 0.4) is 0 Å². The second-order valence-electron chi connectivity index (χ2n) is 6.85. The number of nitrogens with one attached hydrogen (secondary N) is 1. The fourth-order valence-electron chi connectivity index (χ4n) is 2.89. The van der Waals surface area contributed by atoms with Gasteiger partial charge in [-0.1, -0.05) is 48.2 Å². The molecule has 0 aliphatic carbocycles. The fourth-order valence-corrected chi connectivity index (χ4v) is 4.92. The van der Waals surface area contributed by atoms with Crippen LogP contribution in [0.25, 0.3) is 10.2 Å². The number of ether oxygens (including phenoxy) is 1. The van der Waals surface area contributed by atoms with Crippen molar-refractivity contribution in [3.05, 3.63) is 89.5 Å². The van der Waals surface area contributed by atoms with Crippen molar-refractivity contribution in [1.82, 2.24) is 10.4 Å². The number of amides is 1. The van der Waals surface area contributed by atoms with Gasteiger partial charge < -0.3 is 9.84 Å². The molecule has 0 bridgehead atoms. The number of benzene rings is 3. The van der Waals surface area contributed by atoms with Crippen LogP contribution in [-0.4, -0.2) is 34.8 Å². The standard InChI is InChI=1S/C24H19N3O4S2/c28-22(29)14-31-20-7-3-1-5-18(20)13-25-27-23(30)17-11-9-16(10-12-17)15-32-24-26-19-6-2-4-8-21(19)33-24/h1-13H,14-15H2,(H,27,30)(H,28,29)/b25-13-. The van der Waals surface area contributed by atoms with E-state index in [2.05, 4.69) is 21.6 Å². The molecule has 1 amide bonds. The Hall–Kier alpha value is -3.69. The zero-order valence-corrected chi connectivity index (χ0v) is 18.9. The Balaban J connectivity index is 1.31. The van der Waals surface area contributed by atoms with E-state index in [-0.39, 0.29) is 5.91 Å². The number of rotatable bonds is 9. The highest BCUT2D eigenvalue weighted by Crippen LogP contribution is 2.31. The summed E-state index contributed by atoms with van der Waals surface area (Å²) in [5.74, 6) is -0.294. The summed E-state index contributed by atoms with van der Waals surface area (Å²) in [4.78, 5) is 27.7. The van der Waals surface area contributed by atoms with Crippen LogP contribution in [0.15, 0.2) is 82.2 Å². The minimum absolute atomic E-state index is 0.347. The first-order valence-electron chi connectivity index (χ1n) is 9.93. The number of hydrazone groups is 1. The van der Waals surface area contributed by atoms with Crippen molar-refractivity contribution in [2.24, 2.45) is 5.10 Å². The van der Waals surface area contributed by atoms with E-state index in [0.717, 1.165) is 21.2 Å². The lowest BCUT2D eigenvalue weighted by Gasteiger charge is -2.06. The molecule has 0 saturated heterocycles. The Bertz CT molecular complexity index is 1270. The Morgan fingerprint density at radius 1 is 1.06 bits per heavy atom. The van der Waals surface area contributed by atoms with Gasteiger partial charge in [-0.15, -0.1) is 11.3 Å². The second-order valence-corrected chi connectivity index (χ2v) is 9.11. The summed E-state index contributed by atoms with van der Waals surface area (Å²) in [5, 5.41) is 12.7. The summed E-state index contributed by atoms with van der Waals surface area (Å²) >= 11 is 3.34. The zero-order valence-electron chi connectivity index (χ0n) is 17.3. The number of hydrogen-bond donors (Lipinski definition) is 2. The van der Waals surface area contributed by atoms with Gasteiger partial charge in [-0.3, -0.25) is 4.79 Å². The average molecular weight is 478 g/mol. The maximum absolute atomic E-state index is 12.4. The van der Waals surface area contributed by atoms with Crippen LogP contribution < -0.4 is 10.2 Å². The maximum atomic E-state index is 12.4. The van der Waals surface area contributed by atoms with Crippen molar-refractivity contribution >= 4 is 51.4 Å². The van der Waals surface area contributed by atoms with Gasteiger partial charge in [0.2, 0.25) is 0 Å². The molecule has 4 rings (SSSR count). The van der Waals surface area contributed by atoms with Crippen LogP contribution in [0.2, 0.25) is 0 Å². The Morgan fingerprint density at radius 3 is 2.61 bits per heavy atom. The van der Waals surface area contributed by atoms with Crippen LogP contribution in [0.5, 0.6) is 5.75 Å². The Morgan fingerprint density at radius 2 is 1.82 bits per heavy atom. The van der Waals surface area contributed by atoms with E-state index in [1.54, 1.807) is 59.5 Å². The lowest BCUT2D eigenvalue weighted by Crippen LogP contribution is -2.17. The molecule has 33 heavy (non-hydrogen) atoms. The Labute approximate surface area is 198 Å². The third-order valence-corrected chi connectivity index (χ3v) is 6.74. The summed E-state index contributed by atoms with van der Waals surface area (Å²) in [7, 11) is 0. The van der Waals surface area contributed by atoms with E-state index in [1.807, 2.05) is 30.3 Å². The number of carboxylic acids is 1. The van der Waals surface area contributed by atoms with Crippen molar-refractivity contribution in [2.45, 2.75) is 10.1 Å². The van der Waals surface area contributed by atoms with Crippen molar-refractivity contribution in [3.8, 4) is 5.75 Å². The zero-order chi connectivity index (χ0) is 23.0. The molecule has 3 aromatic carbocycles. The number of nitrogens with zero attached hydrogens (tertiary/aromatic N) is 2. The number of aliphatic carboxylic acids is 1. The molecule has 0 fully saturated rings. The number of thiazole rings is 1. The first-order valence-corrected chi connectivity index (χ1v) is 11.7. The molecule has 166 valence electrons. The van der Waals surface area contributed by atoms with Crippen molar-refractivity contribution in [2.75, 3.05) is 6.61 Å².